The van der Waals surface area contributed by atoms with Crippen LogP contribution in [0.1, 0.15) is 16.1 Å². The van der Waals surface area contributed by atoms with Gasteiger partial charge in [0, 0.05) is 5.56 Å². The number of hydrogen-bond donors (Lipinski definition) is 1. The molecule has 1 aromatic heterocycles. The lowest BCUT2D eigenvalue weighted by Crippen LogP contribution is -2.04. The van der Waals surface area contributed by atoms with Crippen molar-refractivity contribution in [1.82, 2.24) is 15.0 Å². The maximum atomic E-state index is 11.2. The fraction of sp³-hybridized carbons (Fsp3) is 0.154. The summed E-state index contributed by atoms with van der Waals surface area (Å²) in [4.78, 5) is 11.2. The number of carbonyl (C=O) groups is 1. The molecule has 0 spiro atoms. The quantitative estimate of drug-likeness (QED) is 0.835. The third-order valence-corrected chi connectivity index (χ3v) is 2.53. The molecule has 0 saturated heterocycles. The predicted octanol–water partition coefficient (Wildman–Crippen LogP) is 2.14. The number of hydrogen-bond acceptors (Lipinski definition) is 3. The minimum Gasteiger partial charge on any atom is -0.476 e. The number of benzene rings is 1. The molecule has 0 aliphatic rings. The summed E-state index contributed by atoms with van der Waals surface area (Å²) in [5, 5.41) is 16.7. The normalized spacial score (nSPS) is 10.3. The zero-order chi connectivity index (χ0) is 13.1. The van der Waals surface area contributed by atoms with E-state index in [4.69, 9.17) is 5.11 Å². The van der Waals surface area contributed by atoms with Crippen molar-refractivity contribution < 1.29 is 9.90 Å². The molecule has 5 heteroatoms. The number of carboxylic acids is 1. The Hall–Kier alpha value is -2.43. The maximum Gasteiger partial charge on any atom is 0.358 e. The van der Waals surface area contributed by atoms with Gasteiger partial charge in [-0.3, -0.25) is 0 Å². The molecule has 5 nitrogen and oxygen atoms in total. The lowest BCUT2D eigenvalue weighted by molar-refractivity contribution is 0.0691. The smallest absolute Gasteiger partial charge is 0.358 e. The minimum atomic E-state index is -1.08. The third kappa shape index (κ3) is 2.15. The number of rotatable bonds is 4. The molecule has 2 rings (SSSR count). The van der Waals surface area contributed by atoms with Gasteiger partial charge in [-0.05, 0) is 13.0 Å². The van der Waals surface area contributed by atoms with Crippen molar-refractivity contribution in [2.75, 3.05) is 0 Å². The van der Waals surface area contributed by atoms with Crippen LogP contribution in [-0.2, 0) is 6.54 Å². The van der Waals surface area contributed by atoms with Crippen molar-refractivity contribution in [3.8, 4) is 11.3 Å². The minimum absolute atomic E-state index is 0.0394. The highest BCUT2D eigenvalue weighted by Gasteiger charge is 2.19. The Kier molecular flexibility index (Phi) is 3.23. The molecule has 0 radical (unpaired) electrons. The largest absolute Gasteiger partial charge is 0.476 e. The molecule has 0 amide bonds. The Morgan fingerprint density at radius 1 is 1.56 bits per heavy atom. The highest BCUT2D eigenvalue weighted by atomic mass is 16.4. The number of aromatic carboxylic acids is 1. The van der Waals surface area contributed by atoms with E-state index in [0.29, 0.717) is 12.2 Å². The first kappa shape index (κ1) is 12.0. The fourth-order valence-corrected chi connectivity index (χ4v) is 1.79. The van der Waals surface area contributed by atoms with E-state index in [1.54, 1.807) is 6.08 Å². The first-order valence-corrected chi connectivity index (χ1v) is 5.48. The molecule has 2 aromatic rings. The molecule has 1 heterocycles. The van der Waals surface area contributed by atoms with Crippen LogP contribution >= 0.6 is 0 Å². The molecule has 0 saturated carbocycles. The SMILES string of the molecule is C=CCn1nnc(C(=O)O)c1-c1cccc(C)c1. The molecule has 0 bridgehead atoms. The number of allylic oxidation sites excluding steroid dienone is 1. The first-order valence-electron chi connectivity index (χ1n) is 5.48. The molecule has 0 unspecified atom stereocenters. The van der Waals surface area contributed by atoms with E-state index in [0.717, 1.165) is 11.1 Å². The topological polar surface area (TPSA) is 68.0 Å². The van der Waals surface area contributed by atoms with Gasteiger partial charge in [-0.1, -0.05) is 35.1 Å². The second-order valence-corrected chi connectivity index (χ2v) is 3.93. The second-order valence-electron chi connectivity index (χ2n) is 3.93. The van der Waals surface area contributed by atoms with Gasteiger partial charge >= 0.3 is 5.97 Å². The fourth-order valence-electron chi connectivity index (χ4n) is 1.79. The summed E-state index contributed by atoms with van der Waals surface area (Å²) in [5.41, 5.74) is 2.31. The monoisotopic (exact) mass is 243 g/mol. The molecule has 0 aliphatic heterocycles. The van der Waals surface area contributed by atoms with Crippen molar-refractivity contribution in [1.29, 1.82) is 0 Å². The van der Waals surface area contributed by atoms with Gasteiger partial charge in [0.2, 0.25) is 0 Å². The summed E-state index contributed by atoms with van der Waals surface area (Å²) in [7, 11) is 0. The highest BCUT2D eigenvalue weighted by molar-refractivity contribution is 5.92. The molecule has 1 N–H and O–H groups in total. The van der Waals surface area contributed by atoms with Crippen molar-refractivity contribution in [2.24, 2.45) is 0 Å². The van der Waals surface area contributed by atoms with Gasteiger partial charge in [-0.15, -0.1) is 11.7 Å². The highest BCUT2D eigenvalue weighted by Crippen LogP contribution is 2.23. The van der Waals surface area contributed by atoms with Crippen molar-refractivity contribution in [3.63, 3.8) is 0 Å². The predicted molar refractivity (Wildman–Crippen MR) is 67.4 cm³/mol. The lowest BCUT2D eigenvalue weighted by Gasteiger charge is -2.05. The summed E-state index contributed by atoms with van der Waals surface area (Å²) in [5.74, 6) is -1.08. The first-order chi connectivity index (χ1) is 8.63. The van der Waals surface area contributed by atoms with E-state index in [-0.39, 0.29) is 5.69 Å². The number of nitrogens with zero attached hydrogens (tertiary/aromatic N) is 3. The molecule has 0 atom stereocenters. The van der Waals surface area contributed by atoms with E-state index in [1.165, 1.54) is 4.68 Å². The molecule has 18 heavy (non-hydrogen) atoms. The van der Waals surface area contributed by atoms with Crippen molar-refractivity contribution >= 4 is 5.97 Å². The van der Waals surface area contributed by atoms with E-state index in [1.807, 2.05) is 31.2 Å². The van der Waals surface area contributed by atoms with E-state index < -0.39 is 5.97 Å². The maximum absolute atomic E-state index is 11.2. The second kappa shape index (κ2) is 4.83. The van der Waals surface area contributed by atoms with E-state index >= 15 is 0 Å². The Morgan fingerprint density at radius 2 is 2.33 bits per heavy atom. The van der Waals surface area contributed by atoms with Gasteiger partial charge < -0.3 is 5.11 Å². The van der Waals surface area contributed by atoms with Crippen molar-refractivity contribution in [3.05, 3.63) is 48.2 Å². The van der Waals surface area contributed by atoms with Crippen LogP contribution in [0.25, 0.3) is 11.3 Å². The lowest BCUT2D eigenvalue weighted by atomic mass is 10.1. The summed E-state index contributed by atoms with van der Waals surface area (Å²) >= 11 is 0. The van der Waals surface area contributed by atoms with Gasteiger partial charge in [0.25, 0.3) is 0 Å². The average molecular weight is 243 g/mol. The van der Waals surface area contributed by atoms with Gasteiger partial charge in [-0.25, -0.2) is 9.48 Å². The molecular formula is C13H13N3O2. The number of aryl methyl sites for hydroxylation is 1. The van der Waals surface area contributed by atoms with Crippen LogP contribution in [-0.4, -0.2) is 26.1 Å². The number of carboxylic acid groups (broad SMARTS) is 1. The molecular weight excluding hydrogens is 230 g/mol. The Morgan fingerprint density at radius 3 is 2.94 bits per heavy atom. The van der Waals surface area contributed by atoms with Gasteiger partial charge in [0.1, 0.15) is 5.69 Å². The van der Waals surface area contributed by atoms with E-state index in [9.17, 15) is 4.79 Å². The van der Waals surface area contributed by atoms with Crippen LogP contribution in [0.2, 0.25) is 0 Å². The van der Waals surface area contributed by atoms with E-state index in [2.05, 4.69) is 16.9 Å². The molecule has 0 aliphatic carbocycles. The van der Waals surface area contributed by atoms with Crippen LogP contribution < -0.4 is 0 Å². The van der Waals surface area contributed by atoms with Gasteiger partial charge in [0.05, 0.1) is 6.54 Å². The Labute approximate surface area is 104 Å². The summed E-state index contributed by atoms with van der Waals surface area (Å²) in [6, 6.07) is 7.58. The Balaban J connectivity index is 2.62. The van der Waals surface area contributed by atoms with Crippen molar-refractivity contribution in [2.45, 2.75) is 13.5 Å². The average Bonchev–Trinajstić information content (AvgIpc) is 2.73. The number of aromatic nitrogens is 3. The zero-order valence-electron chi connectivity index (χ0n) is 10.00. The summed E-state index contributed by atoms with van der Waals surface area (Å²) in [6.45, 7) is 6.00. The van der Waals surface area contributed by atoms with Gasteiger partial charge in [-0.2, -0.15) is 0 Å². The van der Waals surface area contributed by atoms with Crippen LogP contribution in [0.3, 0.4) is 0 Å². The molecule has 1 aromatic carbocycles. The summed E-state index contributed by atoms with van der Waals surface area (Å²) in [6.07, 6.45) is 1.65. The van der Waals surface area contributed by atoms with Gasteiger partial charge in [0.15, 0.2) is 5.69 Å². The van der Waals surface area contributed by atoms with Crippen LogP contribution in [0.15, 0.2) is 36.9 Å². The summed E-state index contributed by atoms with van der Waals surface area (Å²) < 4.78 is 1.53. The third-order valence-electron chi connectivity index (χ3n) is 2.53. The standard InChI is InChI=1S/C13H13N3O2/c1-3-7-16-12(11(13(17)18)14-15-16)10-6-4-5-9(2)8-10/h3-6,8H,1,7H2,2H3,(H,17,18). The molecule has 92 valence electrons. The zero-order valence-corrected chi connectivity index (χ0v) is 10.00. The van der Waals surface area contributed by atoms with Crippen LogP contribution in [0.4, 0.5) is 0 Å². The van der Waals surface area contributed by atoms with Crippen LogP contribution in [0.5, 0.6) is 0 Å². The molecule has 0 fully saturated rings. The Bertz CT molecular complexity index is 602. The van der Waals surface area contributed by atoms with Crippen LogP contribution in [0, 0.1) is 6.92 Å².